The first-order valence-electron chi connectivity index (χ1n) is 11.8. The molecule has 33 heavy (non-hydrogen) atoms. The lowest BCUT2D eigenvalue weighted by Crippen LogP contribution is -3.00. The molecule has 0 bridgehead atoms. The minimum Gasteiger partial charge on any atom is -1.00 e. The first kappa shape index (κ1) is 31.5. The number of hydrogen-bond acceptors (Lipinski definition) is 2. The number of rotatable bonds is 14. The summed E-state index contributed by atoms with van der Waals surface area (Å²) in [5.74, 6) is -0.326. The lowest BCUT2D eigenvalue weighted by Gasteiger charge is -2.14. The maximum atomic E-state index is 12.2. The predicted molar refractivity (Wildman–Crippen MR) is 125 cm³/mol. The second-order valence-corrected chi connectivity index (χ2v) is 8.54. The quantitative estimate of drug-likeness (QED) is 0.136. The summed E-state index contributed by atoms with van der Waals surface area (Å²) < 4.78 is 9.77. The van der Waals surface area contributed by atoms with Crippen LogP contribution in [0.25, 0.3) is 11.1 Å². The average Bonchev–Trinajstić information content (AvgIpc) is 2.77. The van der Waals surface area contributed by atoms with E-state index in [1.807, 2.05) is 41.0 Å². The van der Waals surface area contributed by atoms with E-state index in [1.54, 1.807) is 6.92 Å². The van der Waals surface area contributed by atoms with Crippen LogP contribution in [-0.2, 0) is 16.6 Å². The van der Waals surface area contributed by atoms with Crippen LogP contribution < -0.4 is 43.1 Å². The van der Waals surface area contributed by atoms with Crippen molar-refractivity contribution in [1.82, 2.24) is 0 Å². The van der Waals surface area contributed by atoms with E-state index in [-0.39, 0.29) is 46.2 Å². The highest BCUT2D eigenvalue weighted by Gasteiger charge is 2.23. The minimum atomic E-state index is -0.326. The van der Waals surface area contributed by atoms with Gasteiger partial charge in [-0.25, -0.2) is 9.36 Å². The number of aryl methyl sites for hydroxylation is 1. The number of esters is 1. The van der Waals surface area contributed by atoms with Gasteiger partial charge >= 0.3 is 12.2 Å². The van der Waals surface area contributed by atoms with E-state index in [0.717, 1.165) is 18.4 Å². The fourth-order valence-electron chi connectivity index (χ4n) is 3.64. The standard InChI is InChI=1S/C27H40N2O2.2BrH/c1-5-6-7-8-9-10-11-12-13-14-26(31-27(30)23(2)3)29-21-17-25(18-22-29)24-15-19-28(4)20-16-24;;/h15-22,26H,2,5-14H2,1,3-4H3;2*1H/q+2;;/p-2. The summed E-state index contributed by atoms with van der Waals surface area (Å²) in [6, 6.07) is 8.35. The molecule has 0 aliphatic carbocycles. The maximum absolute atomic E-state index is 12.2. The molecule has 1 atom stereocenters. The topological polar surface area (TPSA) is 34.1 Å². The third kappa shape index (κ3) is 11.9. The SMILES string of the molecule is C=C(C)C(=O)OC(CCCCCCCCCCC)[n+]1ccc(-c2cc[n+](C)cc2)cc1.[Br-].[Br-]. The van der Waals surface area contributed by atoms with Crippen molar-refractivity contribution in [2.24, 2.45) is 7.05 Å². The highest BCUT2D eigenvalue weighted by molar-refractivity contribution is 5.86. The van der Waals surface area contributed by atoms with Crippen molar-refractivity contribution >= 4 is 5.97 Å². The molecule has 0 spiro atoms. The Labute approximate surface area is 221 Å². The number of carbonyl (C=O) groups is 1. The van der Waals surface area contributed by atoms with E-state index in [2.05, 4.69) is 37.8 Å². The zero-order valence-electron chi connectivity index (χ0n) is 20.4. The predicted octanol–water partition coefficient (Wildman–Crippen LogP) is 0.0124. The molecule has 0 radical (unpaired) electrons. The van der Waals surface area contributed by atoms with Crippen LogP contribution in [0.1, 0.15) is 84.3 Å². The van der Waals surface area contributed by atoms with Crippen molar-refractivity contribution in [1.29, 1.82) is 0 Å². The molecule has 2 aromatic rings. The van der Waals surface area contributed by atoms with Gasteiger partial charge in [-0.2, -0.15) is 4.57 Å². The molecule has 0 aliphatic heterocycles. The van der Waals surface area contributed by atoms with Crippen LogP contribution in [0.15, 0.2) is 61.2 Å². The van der Waals surface area contributed by atoms with E-state index < -0.39 is 0 Å². The fraction of sp³-hybridized carbons (Fsp3) is 0.519. The Bertz CT molecular complexity index is 808. The highest BCUT2D eigenvalue weighted by atomic mass is 79.9. The molecule has 0 amide bonds. The highest BCUT2D eigenvalue weighted by Crippen LogP contribution is 2.19. The minimum absolute atomic E-state index is 0. The van der Waals surface area contributed by atoms with Gasteiger partial charge in [-0.05, 0) is 24.5 Å². The fourth-order valence-corrected chi connectivity index (χ4v) is 3.64. The molecule has 0 saturated heterocycles. The molecule has 184 valence electrons. The molecule has 0 aromatic carbocycles. The number of hydrogen-bond donors (Lipinski definition) is 0. The Morgan fingerprint density at radius 1 is 0.848 bits per heavy atom. The van der Waals surface area contributed by atoms with Crippen molar-refractivity contribution < 1.29 is 52.6 Å². The van der Waals surface area contributed by atoms with Crippen LogP contribution in [-0.4, -0.2) is 5.97 Å². The normalized spacial score (nSPS) is 11.1. The van der Waals surface area contributed by atoms with Crippen LogP contribution in [0.5, 0.6) is 0 Å². The smallest absolute Gasteiger partial charge is 0.338 e. The first-order valence-corrected chi connectivity index (χ1v) is 11.8. The number of nitrogens with zero attached hydrogens (tertiary/aromatic N) is 2. The summed E-state index contributed by atoms with van der Waals surface area (Å²) in [6.45, 7) is 7.68. The molecule has 0 aliphatic rings. The van der Waals surface area contributed by atoms with E-state index in [9.17, 15) is 4.79 Å². The zero-order valence-corrected chi connectivity index (χ0v) is 23.6. The summed E-state index contributed by atoms with van der Waals surface area (Å²) >= 11 is 0. The molecule has 0 saturated carbocycles. The second-order valence-electron chi connectivity index (χ2n) is 8.54. The van der Waals surface area contributed by atoms with Crippen molar-refractivity contribution in [2.45, 2.75) is 84.3 Å². The van der Waals surface area contributed by atoms with E-state index in [1.165, 1.54) is 56.9 Å². The number of ether oxygens (including phenoxy) is 1. The molecule has 1 unspecified atom stereocenters. The lowest BCUT2D eigenvalue weighted by molar-refractivity contribution is -0.757. The summed E-state index contributed by atoms with van der Waals surface area (Å²) in [5.41, 5.74) is 2.75. The van der Waals surface area contributed by atoms with Crippen LogP contribution in [0, 0.1) is 0 Å². The zero-order chi connectivity index (χ0) is 22.5. The third-order valence-electron chi connectivity index (χ3n) is 5.64. The third-order valence-corrected chi connectivity index (χ3v) is 5.64. The van der Waals surface area contributed by atoms with E-state index in [4.69, 9.17) is 4.74 Å². The average molecular weight is 584 g/mol. The molecule has 0 N–H and O–H groups in total. The number of carbonyl (C=O) groups excluding carboxylic acids is 1. The Balaban J connectivity index is 0.00000512. The molecular formula is C27H40Br2N2O2. The number of pyridine rings is 2. The number of aromatic nitrogens is 2. The van der Waals surface area contributed by atoms with Crippen LogP contribution in [0.2, 0.25) is 0 Å². The summed E-state index contributed by atoms with van der Waals surface area (Å²) in [4.78, 5) is 12.2. The van der Waals surface area contributed by atoms with Gasteiger partial charge in [0.15, 0.2) is 24.8 Å². The van der Waals surface area contributed by atoms with Gasteiger partial charge in [-0.3, -0.25) is 0 Å². The second kappa shape index (κ2) is 17.9. The van der Waals surface area contributed by atoms with Gasteiger partial charge in [0.1, 0.15) is 7.05 Å². The summed E-state index contributed by atoms with van der Waals surface area (Å²) in [6.07, 6.45) is 20.1. The van der Waals surface area contributed by atoms with Gasteiger partial charge in [-0.15, -0.1) is 0 Å². The molecule has 0 fully saturated rings. The van der Waals surface area contributed by atoms with Crippen LogP contribution in [0.3, 0.4) is 0 Å². The van der Waals surface area contributed by atoms with Crippen LogP contribution in [0.4, 0.5) is 0 Å². The molecule has 6 heteroatoms. The summed E-state index contributed by atoms with van der Waals surface area (Å²) in [7, 11) is 2.01. The summed E-state index contributed by atoms with van der Waals surface area (Å²) in [5, 5.41) is 0. The van der Waals surface area contributed by atoms with Crippen molar-refractivity contribution in [2.75, 3.05) is 0 Å². The monoisotopic (exact) mass is 582 g/mol. The molecule has 4 nitrogen and oxygen atoms in total. The van der Waals surface area contributed by atoms with E-state index >= 15 is 0 Å². The Morgan fingerprint density at radius 3 is 1.79 bits per heavy atom. The van der Waals surface area contributed by atoms with Gasteiger partial charge in [0.2, 0.25) is 0 Å². The van der Waals surface area contributed by atoms with E-state index in [0.29, 0.717) is 5.57 Å². The molecular weight excluding hydrogens is 544 g/mol. The number of unbranched alkanes of at least 4 members (excludes halogenated alkanes) is 8. The van der Waals surface area contributed by atoms with Crippen molar-refractivity contribution in [3.05, 3.63) is 61.2 Å². The van der Waals surface area contributed by atoms with Gasteiger partial charge in [0.25, 0.3) is 0 Å². The van der Waals surface area contributed by atoms with Crippen molar-refractivity contribution in [3.8, 4) is 11.1 Å². The Kier molecular flexibility index (Phi) is 17.1. The van der Waals surface area contributed by atoms with Crippen LogP contribution >= 0.6 is 0 Å². The lowest BCUT2D eigenvalue weighted by atomic mass is 10.1. The Hall–Kier alpha value is -1.53. The first-order chi connectivity index (χ1) is 15.0. The van der Waals surface area contributed by atoms with Crippen molar-refractivity contribution in [3.63, 3.8) is 0 Å². The molecule has 2 aromatic heterocycles. The van der Waals surface area contributed by atoms with Gasteiger partial charge in [0, 0.05) is 36.3 Å². The van der Waals surface area contributed by atoms with Gasteiger partial charge in [0.05, 0.1) is 0 Å². The Morgan fingerprint density at radius 2 is 1.30 bits per heavy atom. The van der Waals surface area contributed by atoms with Gasteiger partial charge < -0.3 is 38.7 Å². The molecule has 2 heterocycles. The van der Waals surface area contributed by atoms with Gasteiger partial charge in [-0.1, -0.05) is 64.9 Å². The molecule has 2 rings (SSSR count). The number of halogens is 2. The maximum Gasteiger partial charge on any atom is 0.338 e. The largest absolute Gasteiger partial charge is 1.00 e.